The standard InChI is InChI=1S/C20H18F4N2O3/c21-15-7-5-14(6-8-15)19(28)26-11-9-25(10-12-26)18(27)13-29-17-4-2-1-3-16(17)20(22,23)24/h1-8H,9-13H2. The highest BCUT2D eigenvalue weighted by Crippen LogP contribution is 2.35. The highest BCUT2D eigenvalue weighted by molar-refractivity contribution is 5.94. The average Bonchev–Trinajstić information content (AvgIpc) is 2.71. The van der Waals surface area contributed by atoms with Crippen molar-refractivity contribution in [2.24, 2.45) is 0 Å². The maximum absolute atomic E-state index is 13.0. The van der Waals surface area contributed by atoms with E-state index in [2.05, 4.69) is 0 Å². The van der Waals surface area contributed by atoms with Crippen molar-refractivity contribution in [2.75, 3.05) is 32.8 Å². The van der Waals surface area contributed by atoms with Crippen LogP contribution < -0.4 is 4.74 Å². The number of carbonyl (C=O) groups is 2. The van der Waals surface area contributed by atoms with Crippen LogP contribution in [-0.2, 0) is 11.0 Å². The molecule has 1 fully saturated rings. The number of hydrogen-bond acceptors (Lipinski definition) is 3. The Hall–Kier alpha value is -3.10. The zero-order chi connectivity index (χ0) is 21.0. The molecule has 0 bridgehead atoms. The van der Waals surface area contributed by atoms with E-state index in [4.69, 9.17) is 4.74 Å². The van der Waals surface area contributed by atoms with E-state index in [-0.39, 0.29) is 32.1 Å². The molecule has 9 heteroatoms. The smallest absolute Gasteiger partial charge is 0.419 e. The molecule has 0 spiro atoms. The average molecular weight is 410 g/mol. The quantitative estimate of drug-likeness (QED) is 0.728. The minimum absolute atomic E-state index is 0.232. The van der Waals surface area contributed by atoms with Gasteiger partial charge in [0, 0.05) is 31.7 Å². The van der Waals surface area contributed by atoms with Gasteiger partial charge in [-0.05, 0) is 36.4 Å². The van der Waals surface area contributed by atoms with Crippen molar-refractivity contribution in [1.29, 1.82) is 0 Å². The van der Waals surface area contributed by atoms with E-state index in [0.717, 1.165) is 12.1 Å². The molecule has 154 valence electrons. The lowest BCUT2D eigenvalue weighted by molar-refractivity contribution is -0.141. The third kappa shape index (κ3) is 5.04. The van der Waals surface area contributed by atoms with E-state index >= 15 is 0 Å². The van der Waals surface area contributed by atoms with Crippen LogP contribution in [0.2, 0.25) is 0 Å². The van der Waals surface area contributed by atoms with Gasteiger partial charge in [0.15, 0.2) is 6.61 Å². The van der Waals surface area contributed by atoms with Gasteiger partial charge in [0.25, 0.3) is 11.8 Å². The Kier molecular flexibility index (Phi) is 6.05. The van der Waals surface area contributed by atoms with Crippen LogP contribution in [0.25, 0.3) is 0 Å². The molecule has 0 aliphatic carbocycles. The third-order valence-corrected chi connectivity index (χ3v) is 4.55. The highest BCUT2D eigenvalue weighted by atomic mass is 19.4. The van der Waals surface area contributed by atoms with Crippen LogP contribution in [0.15, 0.2) is 48.5 Å². The first-order chi connectivity index (χ1) is 13.8. The maximum atomic E-state index is 13.0. The number of alkyl halides is 3. The second-order valence-corrected chi connectivity index (χ2v) is 6.46. The zero-order valence-corrected chi connectivity index (χ0v) is 15.3. The van der Waals surface area contributed by atoms with Crippen molar-refractivity contribution in [3.05, 3.63) is 65.5 Å². The van der Waals surface area contributed by atoms with Crippen molar-refractivity contribution < 1.29 is 31.9 Å². The van der Waals surface area contributed by atoms with Gasteiger partial charge in [0.05, 0.1) is 5.56 Å². The fourth-order valence-electron chi connectivity index (χ4n) is 2.99. The molecule has 1 heterocycles. The summed E-state index contributed by atoms with van der Waals surface area (Å²) in [5.41, 5.74) is -0.596. The third-order valence-electron chi connectivity index (χ3n) is 4.55. The lowest BCUT2D eigenvalue weighted by Gasteiger charge is -2.34. The fraction of sp³-hybridized carbons (Fsp3) is 0.300. The van der Waals surface area contributed by atoms with Crippen molar-refractivity contribution in [2.45, 2.75) is 6.18 Å². The van der Waals surface area contributed by atoms with Gasteiger partial charge in [-0.1, -0.05) is 12.1 Å². The number of benzene rings is 2. The van der Waals surface area contributed by atoms with E-state index in [9.17, 15) is 27.2 Å². The number of nitrogens with zero attached hydrogens (tertiary/aromatic N) is 2. The van der Waals surface area contributed by atoms with Crippen molar-refractivity contribution in [1.82, 2.24) is 9.80 Å². The lowest BCUT2D eigenvalue weighted by Crippen LogP contribution is -2.51. The summed E-state index contributed by atoms with van der Waals surface area (Å²) in [6.07, 6.45) is -4.58. The number of amides is 2. The van der Waals surface area contributed by atoms with Crippen LogP contribution in [-0.4, -0.2) is 54.4 Å². The summed E-state index contributed by atoms with van der Waals surface area (Å²) in [6, 6.07) is 9.87. The first kappa shape index (κ1) is 20.6. The van der Waals surface area contributed by atoms with Crippen LogP contribution in [0, 0.1) is 5.82 Å². The summed E-state index contributed by atoms with van der Waals surface area (Å²) in [4.78, 5) is 27.7. The number of ether oxygens (including phenoxy) is 1. The second kappa shape index (κ2) is 8.50. The highest BCUT2D eigenvalue weighted by Gasteiger charge is 2.34. The largest absolute Gasteiger partial charge is 0.483 e. The Morgan fingerprint density at radius 3 is 2.10 bits per heavy atom. The van der Waals surface area contributed by atoms with Crippen molar-refractivity contribution in [3.63, 3.8) is 0 Å². The lowest BCUT2D eigenvalue weighted by atomic mass is 10.2. The molecule has 29 heavy (non-hydrogen) atoms. The molecular formula is C20H18F4N2O3. The van der Waals surface area contributed by atoms with E-state index in [1.807, 2.05) is 0 Å². The SMILES string of the molecule is O=C(COc1ccccc1C(F)(F)F)N1CCN(C(=O)c2ccc(F)cc2)CC1. The zero-order valence-electron chi connectivity index (χ0n) is 15.3. The number of hydrogen-bond donors (Lipinski definition) is 0. The molecule has 2 amide bonds. The minimum atomic E-state index is -4.58. The number of halogens is 4. The molecule has 0 radical (unpaired) electrons. The maximum Gasteiger partial charge on any atom is 0.419 e. The van der Waals surface area contributed by atoms with Crippen LogP contribution in [0.1, 0.15) is 15.9 Å². The Bertz CT molecular complexity index is 876. The van der Waals surface area contributed by atoms with Gasteiger partial charge in [0.2, 0.25) is 0 Å². The molecule has 0 atom stereocenters. The Morgan fingerprint density at radius 1 is 0.897 bits per heavy atom. The fourth-order valence-corrected chi connectivity index (χ4v) is 2.99. The Balaban J connectivity index is 1.53. The van der Waals surface area contributed by atoms with Gasteiger partial charge in [-0.15, -0.1) is 0 Å². The van der Waals surface area contributed by atoms with Gasteiger partial charge in [-0.2, -0.15) is 13.2 Å². The predicted molar refractivity (Wildman–Crippen MR) is 95.8 cm³/mol. The summed E-state index contributed by atoms with van der Waals surface area (Å²) >= 11 is 0. The molecule has 0 unspecified atom stereocenters. The second-order valence-electron chi connectivity index (χ2n) is 6.46. The molecule has 3 rings (SSSR count). The van der Waals surface area contributed by atoms with Crippen molar-refractivity contribution >= 4 is 11.8 Å². The molecule has 0 saturated carbocycles. The first-order valence-corrected chi connectivity index (χ1v) is 8.87. The summed E-state index contributed by atoms with van der Waals surface area (Å²) < 4.78 is 57.0. The Morgan fingerprint density at radius 2 is 1.48 bits per heavy atom. The first-order valence-electron chi connectivity index (χ1n) is 8.87. The molecular weight excluding hydrogens is 392 g/mol. The van der Waals surface area contributed by atoms with Crippen molar-refractivity contribution in [3.8, 4) is 5.75 Å². The summed E-state index contributed by atoms with van der Waals surface area (Å²) in [7, 11) is 0. The number of piperazine rings is 1. The van der Waals surface area contributed by atoms with Crippen LogP contribution >= 0.6 is 0 Å². The van der Waals surface area contributed by atoms with Gasteiger partial charge in [-0.25, -0.2) is 4.39 Å². The van der Waals surface area contributed by atoms with E-state index in [1.54, 1.807) is 0 Å². The molecule has 2 aromatic rings. The van der Waals surface area contributed by atoms with Gasteiger partial charge >= 0.3 is 6.18 Å². The minimum Gasteiger partial charge on any atom is -0.483 e. The van der Waals surface area contributed by atoms with Gasteiger partial charge in [-0.3, -0.25) is 9.59 Å². The topological polar surface area (TPSA) is 49.9 Å². The normalized spacial score (nSPS) is 14.6. The summed E-state index contributed by atoms with van der Waals surface area (Å²) in [6.45, 7) is 0.466. The Labute approximate surface area is 164 Å². The number of rotatable bonds is 4. The molecule has 0 aromatic heterocycles. The van der Waals surface area contributed by atoms with Gasteiger partial charge < -0.3 is 14.5 Å². The summed E-state index contributed by atoms with van der Waals surface area (Å²) in [5, 5.41) is 0. The summed E-state index contributed by atoms with van der Waals surface area (Å²) in [5.74, 6) is -1.58. The number of para-hydroxylation sites is 1. The molecule has 1 aliphatic heterocycles. The molecule has 0 N–H and O–H groups in total. The molecule has 1 aliphatic rings. The van der Waals surface area contributed by atoms with E-state index in [0.29, 0.717) is 5.56 Å². The van der Waals surface area contributed by atoms with Crippen LogP contribution in [0.4, 0.5) is 17.6 Å². The van der Waals surface area contributed by atoms with E-state index in [1.165, 1.54) is 46.2 Å². The molecule has 5 nitrogen and oxygen atoms in total. The predicted octanol–water partition coefficient (Wildman–Crippen LogP) is 3.21. The van der Waals surface area contributed by atoms with Gasteiger partial charge in [0.1, 0.15) is 11.6 Å². The van der Waals surface area contributed by atoms with Crippen LogP contribution in [0.5, 0.6) is 5.75 Å². The van der Waals surface area contributed by atoms with Crippen LogP contribution in [0.3, 0.4) is 0 Å². The molecule has 2 aromatic carbocycles. The monoisotopic (exact) mass is 410 g/mol. The number of carbonyl (C=O) groups excluding carboxylic acids is 2. The van der Waals surface area contributed by atoms with E-state index < -0.39 is 35.8 Å². The molecule has 1 saturated heterocycles.